The highest BCUT2D eigenvalue weighted by Gasteiger charge is 2.19. The molecule has 0 aliphatic carbocycles. The van der Waals surface area contributed by atoms with Gasteiger partial charge in [-0.3, -0.25) is 9.59 Å². The van der Waals surface area contributed by atoms with Gasteiger partial charge in [0.1, 0.15) is 12.3 Å². The third-order valence-electron chi connectivity index (χ3n) is 2.08. The molecular formula is C11H13NO5S. The number of benzene rings is 1. The topological polar surface area (TPSA) is 89.5 Å². The zero-order valence-corrected chi connectivity index (χ0v) is 10.6. The summed E-state index contributed by atoms with van der Waals surface area (Å²) in [4.78, 5) is 22.2. The number of ether oxygens (including phenoxy) is 1. The first kappa shape index (κ1) is 14.2. The summed E-state index contributed by atoms with van der Waals surface area (Å²) < 4.78 is 27.9. The number of methoxy groups -OCH3 is 1. The Hall–Kier alpha value is -1.89. The first-order chi connectivity index (χ1) is 8.45. The third kappa shape index (κ3) is 4.17. The lowest BCUT2D eigenvalue weighted by atomic mass is 10.4. The van der Waals surface area contributed by atoms with Crippen LogP contribution in [0.5, 0.6) is 0 Å². The molecule has 0 unspecified atom stereocenters. The summed E-state index contributed by atoms with van der Waals surface area (Å²) in [5, 5.41) is 2.17. The highest BCUT2D eigenvalue weighted by molar-refractivity contribution is 7.92. The van der Waals surface area contributed by atoms with E-state index < -0.39 is 27.5 Å². The summed E-state index contributed by atoms with van der Waals surface area (Å²) in [5.41, 5.74) is 0. The molecule has 1 rings (SSSR count). The molecule has 0 heterocycles. The molecule has 1 N–H and O–H groups in total. The minimum atomic E-state index is -3.68. The number of hydrogen-bond donors (Lipinski definition) is 1. The average molecular weight is 271 g/mol. The van der Waals surface area contributed by atoms with Gasteiger partial charge in [-0.15, -0.1) is 0 Å². The maximum absolute atomic E-state index is 11.8. The van der Waals surface area contributed by atoms with Crippen molar-refractivity contribution in [1.29, 1.82) is 0 Å². The number of hydrogen-bond acceptors (Lipinski definition) is 5. The van der Waals surface area contributed by atoms with E-state index in [-0.39, 0.29) is 11.4 Å². The van der Waals surface area contributed by atoms with Gasteiger partial charge in [-0.2, -0.15) is 0 Å². The highest BCUT2D eigenvalue weighted by Crippen LogP contribution is 2.09. The van der Waals surface area contributed by atoms with E-state index in [1.165, 1.54) is 19.2 Å². The zero-order chi connectivity index (χ0) is 13.6. The van der Waals surface area contributed by atoms with Crippen LogP contribution in [0.3, 0.4) is 0 Å². The quantitative estimate of drug-likeness (QED) is 0.746. The van der Waals surface area contributed by atoms with E-state index in [0.717, 1.165) is 0 Å². The van der Waals surface area contributed by atoms with Crippen molar-refractivity contribution in [2.45, 2.75) is 4.90 Å². The number of carbonyl (C=O) groups is 2. The third-order valence-corrected chi connectivity index (χ3v) is 3.71. The molecule has 18 heavy (non-hydrogen) atoms. The smallest absolute Gasteiger partial charge is 0.325 e. The van der Waals surface area contributed by atoms with Crippen LogP contribution in [0.1, 0.15) is 0 Å². The van der Waals surface area contributed by atoms with E-state index in [4.69, 9.17) is 0 Å². The molecule has 1 aromatic carbocycles. The first-order valence-electron chi connectivity index (χ1n) is 5.07. The first-order valence-corrected chi connectivity index (χ1v) is 6.72. The average Bonchev–Trinajstić information content (AvgIpc) is 2.36. The highest BCUT2D eigenvalue weighted by atomic mass is 32.2. The molecule has 7 heteroatoms. The fourth-order valence-corrected chi connectivity index (χ4v) is 2.36. The second kappa shape index (κ2) is 6.15. The van der Waals surface area contributed by atoms with E-state index >= 15 is 0 Å². The van der Waals surface area contributed by atoms with E-state index in [1.54, 1.807) is 18.2 Å². The van der Waals surface area contributed by atoms with Crippen LogP contribution in [0.2, 0.25) is 0 Å². The van der Waals surface area contributed by atoms with Gasteiger partial charge in [-0.25, -0.2) is 8.42 Å². The monoisotopic (exact) mass is 271 g/mol. The normalized spacial score (nSPS) is 10.7. The van der Waals surface area contributed by atoms with Crippen molar-refractivity contribution in [3.8, 4) is 0 Å². The second-order valence-electron chi connectivity index (χ2n) is 3.43. The summed E-state index contributed by atoms with van der Waals surface area (Å²) in [6, 6.07) is 7.63. The summed E-state index contributed by atoms with van der Waals surface area (Å²) >= 11 is 0. The van der Waals surface area contributed by atoms with Crippen molar-refractivity contribution >= 4 is 21.7 Å². The molecule has 0 aromatic heterocycles. The van der Waals surface area contributed by atoms with Crippen LogP contribution in [0.15, 0.2) is 35.2 Å². The predicted octanol–water partition coefficient (Wildman–Crippen LogP) is -0.250. The fraction of sp³-hybridized carbons (Fsp3) is 0.273. The number of sulfone groups is 1. The Morgan fingerprint density at radius 1 is 1.22 bits per heavy atom. The van der Waals surface area contributed by atoms with Crippen LogP contribution in [-0.2, 0) is 24.2 Å². The van der Waals surface area contributed by atoms with Gasteiger partial charge in [0, 0.05) is 0 Å². The molecule has 0 aliphatic rings. The van der Waals surface area contributed by atoms with Crippen LogP contribution in [0, 0.1) is 0 Å². The Morgan fingerprint density at radius 2 is 1.83 bits per heavy atom. The van der Waals surface area contributed by atoms with Crippen LogP contribution in [0.25, 0.3) is 0 Å². The minimum absolute atomic E-state index is 0.0678. The van der Waals surface area contributed by atoms with Crippen LogP contribution in [0.4, 0.5) is 0 Å². The Morgan fingerprint density at radius 3 is 2.39 bits per heavy atom. The predicted molar refractivity (Wildman–Crippen MR) is 63.5 cm³/mol. The molecule has 0 saturated carbocycles. The van der Waals surface area contributed by atoms with E-state index in [2.05, 4.69) is 10.1 Å². The van der Waals surface area contributed by atoms with Crippen molar-refractivity contribution in [1.82, 2.24) is 5.32 Å². The van der Waals surface area contributed by atoms with Gasteiger partial charge < -0.3 is 10.1 Å². The van der Waals surface area contributed by atoms with Crippen molar-refractivity contribution in [2.75, 3.05) is 19.4 Å². The molecule has 1 aromatic rings. The van der Waals surface area contributed by atoms with E-state index in [0.29, 0.717) is 0 Å². The number of rotatable bonds is 5. The lowest BCUT2D eigenvalue weighted by Gasteiger charge is -2.05. The van der Waals surface area contributed by atoms with E-state index in [1.807, 2.05) is 0 Å². The van der Waals surface area contributed by atoms with Crippen molar-refractivity contribution in [3.63, 3.8) is 0 Å². The van der Waals surface area contributed by atoms with Gasteiger partial charge in [-0.1, -0.05) is 18.2 Å². The van der Waals surface area contributed by atoms with Gasteiger partial charge in [0.15, 0.2) is 9.84 Å². The summed E-state index contributed by atoms with van der Waals surface area (Å²) in [5.74, 6) is -2.08. The maximum atomic E-state index is 11.8. The lowest BCUT2D eigenvalue weighted by molar-refractivity contribution is -0.140. The molecule has 0 radical (unpaired) electrons. The molecule has 0 fully saturated rings. The molecule has 0 bridgehead atoms. The Labute approximate surface area is 105 Å². The van der Waals surface area contributed by atoms with Crippen molar-refractivity contribution < 1.29 is 22.7 Å². The van der Waals surface area contributed by atoms with Gasteiger partial charge in [0.05, 0.1) is 12.0 Å². The van der Waals surface area contributed by atoms with Crippen LogP contribution >= 0.6 is 0 Å². The van der Waals surface area contributed by atoms with Crippen LogP contribution < -0.4 is 5.32 Å². The zero-order valence-electron chi connectivity index (χ0n) is 9.75. The van der Waals surface area contributed by atoms with Gasteiger partial charge in [-0.05, 0) is 12.1 Å². The van der Waals surface area contributed by atoms with Crippen molar-refractivity contribution in [3.05, 3.63) is 30.3 Å². The number of carbonyl (C=O) groups excluding carboxylic acids is 2. The Bertz CT molecular complexity index is 524. The molecule has 0 aliphatic heterocycles. The molecular weight excluding hydrogens is 258 g/mol. The summed E-state index contributed by atoms with van der Waals surface area (Å²) in [7, 11) is -2.50. The second-order valence-corrected chi connectivity index (χ2v) is 5.41. The van der Waals surface area contributed by atoms with Gasteiger partial charge in [0.25, 0.3) is 0 Å². The molecule has 0 spiro atoms. The Kier molecular flexibility index (Phi) is 4.85. The minimum Gasteiger partial charge on any atom is -0.468 e. The van der Waals surface area contributed by atoms with Crippen molar-refractivity contribution in [2.24, 2.45) is 0 Å². The van der Waals surface area contributed by atoms with Gasteiger partial charge >= 0.3 is 5.97 Å². The largest absolute Gasteiger partial charge is 0.468 e. The molecule has 1 amide bonds. The number of esters is 1. The molecule has 0 saturated heterocycles. The number of amides is 1. The van der Waals surface area contributed by atoms with E-state index in [9.17, 15) is 18.0 Å². The lowest BCUT2D eigenvalue weighted by Crippen LogP contribution is -2.34. The SMILES string of the molecule is COC(=O)CNC(=O)CS(=O)(=O)c1ccccc1. The molecule has 98 valence electrons. The molecule has 0 atom stereocenters. The van der Waals surface area contributed by atoms with Gasteiger partial charge in [0.2, 0.25) is 5.91 Å². The summed E-state index contributed by atoms with van der Waals surface area (Å²) in [6.07, 6.45) is 0. The Balaban J connectivity index is 2.62. The maximum Gasteiger partial charge on any atom is 0.325 e. The summed E-state index contributed by atoms with van der Waals surface area (Å²) in [6.45, 7) is -0.348. The fourth-order valence-electron chi connectivity index (χ4n) is 1.18. The van der Waals surface area contributed by atoms with Crippen LogP contribution in [-0.4, -0.2) is 39.7 Å². The number of nitrogens with one attached hydrogen (secondary N) is 1. The molecule has 6 nitrogen and oxygen atoms in total. The standard InChI is InChI=1S/C11H13NO5S/c1-17-11(14)7-12-10(13)8-18(15,16)9-5-3-2-4-6-9/h2-6H,7-8H2,1H3,(H,12,13).